The standard InChI is InChI=1S/C10H22N2O2/c1-10(2,3)14-8-9(13)12-7-5-4-6-11/h4-8,11H2,1-3H3,(H,12,13). The van der Waals surface area contributed by atoms with E-state index in [0.717, 1.165) is 12.8 Å². The van der Waals surface area contributed by atoms with Crippen LogP contribution in [0.15, 0.2) is 0 Å². The first-order valence-electron chi connectivity index (χ1n) is 5.06. The number of hydrogen-bond acceptors (Lipinski definition) is 3. The molecule has 0 fully saturated rings. The lowest BCUT2D eigenvalue weighted by atomic mass is 10.2. The molecule has 84 valence electrons. The lowest BCUT2D eigenvalue weighted by molar-refractivity contribution is -0.130. The SMILES string of the molecule is CC(C)(C)OCC(=O)NCCCCN. The van der Waals surface area contributed by atoms with Crippen LogP contribution < -0.4 is 11.1 Å². The molecule has 0 saturated heterocycles. The van der Waals surface area contributed by atoms with Gasteiger partial charge in [0.05, 0.1) is 5.60 Å². The van der Waals surface area contributed by atoms with Crippen molar-refractivity contribution in [3.63, 3.8) is 0 Å². The first-order chi connectivity index (χ1) is 6.45. The number of ether oxygens (including phenoxy) is 1. The summed E-state index contributed by atoms with van der Waals surface area (Å²) in [5, 5.41) is 2.77. The minimum Gasteiger partial charge on any atom is -0.366 e. The van der Waals surface area contributed by atoms with Gasteiger partial charge in [0.15, 0.2) is 0 Å². The van der Waals surface area contributed by atoms with Gasteiger partial charge in [0.25, 0.3) is 0 Å². The summed E-state index contributed by atoms with van der Waals surface area (Å²) in [5.74, 6) is -0.0584. The maximum Gasteiger partial charge on any atom is 0.246 e. The highest BCUT2D eigenvalue weighted by molar-refractivity contribution is 5.77. The fourth-order valence-electron chi connectivity index (χ4n) is 0.830. The van der Waals surface area contributed by atoms with Crippen molar-refractivity contribution < 1.29 is 9.53 Å². The number of amides is 1. The van der Waals surface area contributed by atoms with Gasteiger partial charge in [0, 0.05) is 6.54 Å². The molecular weight excluding hydrogens is 180 g/mol. The average Bonchev–Trinajstić information content (AvgIpc) is 2.08. The van der Waals surface area contributed by atoms with Crippen molar-refractivity contribution in [1.29, 1.82) is 0 Å². The van der Waals surface area contributed by atoms with E-state index in [1.807, 2.05) is 20.8 Å². The van der Waals surface area contributed by atoms with Crippen LogP contribution in [0.3, 0.4) is 0 Å². The van der Waals surface area contributed by atoms with E-state index < -0.39 is 0 Å². The number of carbonyl (C=O) groups excluding carboxylic acids is 1. The topological polar surface area (TPSA) is 64.3 Å². The Morgan fingerprint density at radius 1 is 1.36 bits per heavy atom. The van der Waals surface area contributed by atoms with Crippen molar-refractivity contribution in [2.75, 3.05) is 19.7 Å². The van der Waals surface area contributed by atoms with Crippen LogP contribution in [-0.4, -0.2) is 31.2 Å². The Morgan fingerprint density at radius 2 is 2.00 bits per heavy atom. The van der Waals surface area contributed by atoms with Gasteiger partial charge in [-0.2, -0.15) is 0 Å². The predicted molar refractivity (Wildman–Crippen MR) is 57.0 cm³/mol. The van der Waals surface area contributed by atoms with Crippen LogP contribution in [0.25, 0.3) is 0 Å². The molecule has 0 unspecified atom stereocenters. The highest BCUT2D eigenvalue weighted by Crippen LogP contribution is 2.05. The number of unbranched alkanes of at least 4 members (excludes halogenated alkanes) is 1. The van der Waals surface area contributed by atoms with Crippen LogP contribution >= 0.6 is 0 Å². The zero-order valence-electron chi connectivity index (χ0n) is 9.43. The van der Waals surface area contributed by atoms with Crippen LogP contribution in [-0.2, 0) is 9.53 Å². The van der Waals surface area contributed by atoms with Gasteiger partial charge in [-0.1, -0.05) is 0 Å². The third-order valence-electron chi connectivity index (χ3n) is 1.59. The van der Waals surface area contributed by atoms with Crippen LogP contribution in [0.5, 0.6) is 0 Å². The Labute approximate surface area is 86.2 Å². The fourth-order valence-corrected chi connectivity index (χ4v) is 0.830. The monoisotopic (exact) mass is 202 g/mol. The fraction of sp³-hybridized carbons (Fsp3) is 0.900. The van der Waals surface area contributed by atoms with Crippen LogP contribution in [0, 0.1) is 0 Å². The van der Waals surface area contributed by atoms with E-state index in [2.05, 4.69) is 5.32 Å². The second kappa shape index (κ2) is 6.79. The first-order valence-corrected chi connectivity index (χ1v) is 5.06. The molecule has 1 amide bonds. The van der Waals surface area contributed by atoms with Crippen molar-refractivity contribution in [1.82, 2.24) is 5.32 Å². The molecule has 0 heterocycles. The molecule has 0 aliphatic carbocycles. The molecule has 0 radical (unpaired) electrons. The molecular formula is C10H22N2O2. The predicted octanol–water partition coefficient (Wildman–Crippen LogP) is 0.657. The van der Waals surface area contributed by atoms with Gasteiger partial charge in [-0.15, -0.1) is 0 Å². The largest absolute Gasteiger partial charge is 0.366 e. The first kappa shape index (κ1) is 13.4. The minimum absolute atomic E-state index is 0.0584. The molecule has 14 heavy (non-hydrogen) atoms. The summed E-state index contributed by atoms with van der Waals surface area (Å²) >= 11 is 0. The van der Waals surface area contributed by atoms with E-state index in [-0.39, 0.29) is 18.1 Å². The smallest absolute Gasteiger partial charge is 0.246 e. The summed E-state index contributed by atoms with van der Waals surface area (Å²) in [5.41, 5.74) is 5.07. The molecule has 0 aliphatic heterocycles. The molecule has 4 heteroatoms. The quantitative estimate of drug-likeness (QED) is 0.622. The van der Waals surface area contributed by atoms with E-state index in [9.17, 15) is 4.79 Å². The molecule has 0 aromatic heterocycles. The Balaban J connectivity index is 3.38. The van der Waals surface area contributed by atoms with Gasteiger partial charge < -0.3 is 15.8 Å². The van der Waals surface area contributed by atoms with Crippen molar-refractivity contribution >= 4 is 5.91 Å². The van der Waals surface area contributed by atoms with E-state index in [1.54, 1.807) is 0 Å². The number of carbonyl (C=O) groups is 1. The maximum absolute atomic E-state index is 11.2. The molecule has 0 bridgehead atoms. The summed E-state index contributed by atoms with van der Waals surface area (Å²) in [6.07, 6.45) is 1.87. The van der Waals surface area contributed by atoms with Crippen LogP contribution in [0.1, 0.15) is 33.6 Å². The number of nitrogens with one attached hydrogen (secondary N) is 1. The van der Waals surface area contributed by atoms with Crippen molar-refractivity contribution in [3.8, 4) is 0 Å². The molecule has 0 aromatic carbocycles. The molecule has 0 atom stereocenters. The third kappa shape index (κ3) is 9.48. The van der Waals surface area contributed by atoms with Gasteiger partial charge >= 0.3 is 0 Å². The van der Waals surface area contributed by atoms with Gasteiger partial charge in [-0.3, -0.25) is 4.79 Å². The van der Waals surface area contributed by atoms with Gasteiger partial charge in [-0.05, 0) is 40.2 Å². The average molecular weight is 202 g/mol. The molecule has 4 nitrogen and oxygen atoms in total. The van der Waals surface area contributed by atoms with Crippen molar-refractivity contribution in [3.05, 3.63) is 0 Å². The molecule has 0 aromatic rings. The molecule has 0 aliphatic rings. The molecule has 3 N–H and O–H groups in total. The van der Waals surface area contributed by atoms with E-state index >= 15 is 0 Å². The number of rotatable bonds is 6. The Kier molecular flexibility index (Phi) is 6.49. The second-order valence-electron chi connectivity index (χ2n) is 4.25. The highest BCUT2D eigenvalue weighted by atomic mass is 16.5. The zero-order valence-corrected chi connectivity index (χ0v) is 9.43. The number of hydrogen-bond donors (Lipinski definition) is 2. The number of nitrogens with two attached hydrogens (primary N) is 1. The summed E-state index contributed by atoms with van der Waals surface area (Å²) in [7, 11) is 0. The molecule has 0 spiro atoms. The lowest BCUT2D eigenvalue weighted by Gasteiger charge is -2.18. The summed E-state index contributed by atoms with van der Waals surface area (Å²) in [6.45, 7) is 7.27. The summed E-state index contributed by atoms with van der Waals surface area (Å²) in [4.78, 5) is 11.2. The summed E-state index contributed by atoms with van der Waals surface area (Å²) in [6, 6.07) is 0. The van der Waals surface area contributed by atoms with E-state index in [0.29, 0.717) is 13.1 Å². The van der Waals surface area contributed by atoms with Gasteiger partial charge in [0.2, 0.25) is 5.91 Å². The van der Waals surface area contributed by atoms with Crippen LogP contribution in [0.4, 0.5) is 0 Å². The lowest BCUT2D eigenvalue weighted by Crippen LogP contribution is -2.32. The molecule has 0 rings (SSSR count). The van der Waals surface area contributed by atoms with Crippen LogP contribution in [0.2, 0.25) is 0 Å². The minimum atomic E-state index is -0.255. The van der Waals surface area contributed by atoms with E-state index in [4.69, 9.17) is 10.5 Å². The van der Waals surface area contributed by atoms with Gasteiger partial charge in [0.1, 0.15) is 6.61 Å². The Hall–Kier alpha value is -0.610. The van der Waals surface area contributed by atoms with Crippen molar-refractivity contribution in [2.45, 2.75) is 39.2 Å². The second-order valence-corrected chi connectivity index (χ2v) is 4.25. The summed E-state index contributed by atoms with van der Waals surface area (Å²) < 4.78 is 5.31. The normalized spacial score (nSPS) is 11.4. The highest BCUT2D eigenvalue weighted by Gasteiger charge is 2.12. The van der Waals surface area contributed by atoms with Crippen molar-refractivity contribution in [2.24, 2.45) is 5.73 Å². The Bertz CT molecular complexity index is 164. The zero-order chi connectivity index (χ0) is 11.0. The third-order valence-corrected chi connectivity index (χ3v) is 1.59. The molecule has 0 saturated carbocycles. The van der Waals surface area contributed by atoms with Gasteiger partial charge in [-0.25, -0.2) is 0 Å². The Morgan fingerprint density at radius 3 is 2.50 bits per heavy atom. The maximum atomic E-state index is 11.2. The van der Waals surface area contributed by atoms with E-state index in [1.165, 1.54) is 0 Å².